The molecule has 0 saturated heterocycles. The van der Waals surface area contributed by atoms with Crippen LogP contribution in [0.5, 0.6) is 0 Å². The molecule has 0 radical (unpaired) electrons. The normalized spacial score (nSPS) is 13.0. The van der Waals surface area contributed by atoms with Crippen molar-refractivity contribution in [3.05, 3.63) is 32.4 Å². The van der Waals surface area contributed by atoms with E-state index in [4.69, 9.17) is 22.4 Å². The van der Waals surface area contributed by atoms with Gasteiger partial charge in [0.1, 0.15) is 0 Å². The van der Waals surface area contributed by atoms with Crippen LogP contribution < -0.4 is 5.73 Å². The fourth-order valence-corrected chi connectivity index (χ4v) is 1.37. The third kappa shape index (κ3) is 2.32. The third-order valence-electron chi connectivity index (χ3n) is 1.57. The summed E-state index contributed by atoms with van der Waals surface area (Å²) in [5, 5.41) is 9.46. The van der Waals surface area contributed by atoms with E-state index >= 15 is 0 Å². The van der Waals surface area contributed by atoms with Crippen LogP contribution in [0.1, 0.15) is 11.6 Å². The van der Waals surface area contributed by atoms with Gasteiger partial charge in [-0.25, -0.2) is 0 Å². The topological polar surface area (TPSA) is 46.2 Å². The molecule has 12 heavy (non-hydrogen) atoms. The van der Waals surface area contributed by atoms with E-state index in [0.717, 1.165) is 9.13 Å². The van der Waals surface area contributed by atoms with Crippen LogP contribution in [0, 0.1) is 3.57 Å². The van der Waals surface area contributed by atoms with Crippen LogP contribution in [0.4, 0.5) is 0 Å². The van der Waals surface area contributed by atoms with Gasteiger partial charge in [0.2, 0.25) is 0 Å². The Balaban J connectivity index is 2.96. The first-order valence-corrected chi connectivity index (χ1v) is 4.92. The molecule has 0 saturated carbocycles. The summed E-state index contributed by atoms with van der Waals surface area (Å²) in [7, 11) is 0. The zero-order valence-corrected chi connectivity index (χ0v) is 9.21. The standard InChI is InChI=1S/C8H9ClINO/c9-6-3-5(8(11)4-12)1-2-7(6)10/h1-3,8,12H,4,11H2/t8-/m0/s1. The van der Waals surface area contributed by atoms with Crippen molar-refractivity contribution in [2.75, 3.05) is 6.61 Å². The van der Waals surface area contributed by atoms with Crippen molar-refractivity contribution < 1.29 is 5.11 Å². The van der Waals surface area contributed by atoms with Gasteiger partial charge in [-0.3, -0.25) is 0 Å². The van der Waals surface area contributed by atoms with Crippen LogP contribution in [0.15, 0.2) is 18.2 Å². The van der Waals surface area contributed by atoms with Gasteiger partial charge in [0.05, 0.1) is 17.7 Å². The van der Waals surface area contributed by atoms with Gasteiger partial charge in [0.15, 0.2) is 0 Å². The van der Waals surface area contributed by atoms with Crippen molar-refractivity contribution >= 4 is 34.2 Å². The molecule has 0 fully saturated rings. The number of hydrogen-bond acceptors (Lipinski definition) is 2. The Morgan fingerprint density at radius 2 is 2.25 bits per heavy atom. The lowest BCUT2D eigenvalue weighted by Gasteiger charge is -2.08. The van der Waals surface area contributed by atoms with Gasteiger partial charge in [0.25, 0.3) is 0 Å². The van der Waals surface area contributed by atoms with Crippen LogP contribution in [-0.4, -0.2) is 11.7 Å². The first-order chi connectivity index (χ1) is 5.65. The highest BCUT2D eigenvalue weighted by Gasteiger charge is 2.05. The first-order valence-electron chi connectivity index (χ1n) is 3.46. The first kappa shape index (κ1) is 10.2. The lowest BCUT2D eigenvalue weighted by atomic mass is 10.1. The van der Waals surface area contributed by atoms with Gasteiger partial charge >= 0.3 is 0 Å². The van der Waals surface area contributed by atoms with Gasteiger partial charge in [-0.15, -0.1) is 0 Å². The fraction of sp³-hybridized carbons (Fsp3) is 0.250. The molecule has 0 unspecified atom stereocenters. The van der Waals surface area contributed by atoms with Gasteiger partial charge < -0.3 is 10.8 Å². The molecule has 2 nitrogen and oxygen atoms in total. The molecule has 0 spiro atoms. The summed E-state index contributed by atoms with van der Waals surface area (Å²) >= 11 is 8.01. The zero-order chi connectivity index (χ0) is 9.14. The Bertz CT molecular complexity index is 280. The predicted molar refractivity (Wildman–Crippen MR) is 58.2 cm³/mol. The number of hydrogen-bond donors (Lipinski definition) is 2. The second kappa shape index (κ2) is 4.41. The van der Waals surface area contributed by atoms with E-state index in [1.807, 2.05) is 12.1 Å². The molecule has 0 aliphatic heterocycles. The monoisotopic (exact) mass is 297 g/mol. The number of aliphatic hydroxyl groups excluding tert-OH is 1. The molecule has 0 amide bonds. The third-order valence-corrected chi connectivity index (χ3v) is 3.14. The number of nitrogens with two attached hydrogens (primary N) is 1. The molecule has 0 aromatic heterocycles. The predicted octanol–water partition coefficient (Wildman–Crippen LogP) is 1.94. The van der Waals surface area contributed by atoms with E-state index in [1.165, 1.54) is 0 Å². The van der Waals surface area contributed by atoms with Crippen molar-refractivity contribution in [3.8, 4) is 0 Å². The lowest BCUT2D eigenvalue weighted by Crippen LogP contribution is -2.14. The maximum absolute atomic E-state index is 8.78. The van der Waals surface area contributed by atoms with Gasteiger partial charge in [-0.1, -0.05) is 17.7 Å². The van der Waals surface area contributed by atoms with Gasteiger partial charge in [-0.2, -0.15) is 0 Å². The molecule has 0 aliphatic rings. The summed E-state index contributed by atoms with van der Waals surface area (Å²) < 4.78 is 0.989. The number of aliphatic hydroxyl groups is 1. The van der Waals surface area contributed by atoms with Crippen LogP contribution in [-0.2, 0) is 0 Å². The van der Waals surface area contributed by atoms with Crippen molar-refractivity contribution in [2.45, 2.75) is 6.04 Å². The Kier molecular flexibility index (Phi) is 3.77. The number of rotatable bonds is 2. The minimum atomic E-state index is -0.334. The molecule has 66 valence electrons. The summed E-state index contributed by atoms with van der Waals surface area (Å²) in [6.45, 7) is -0.0586. The second-order valence-corrected chi connectivity index (χ2v) is 4.03. The highest BCUT2D eigenvalue weighted by molar-refractivity contribution is 14.1. The molecular weight excluding hydrogens is 288 g/mol. The average Bonchev–Trinajstić information content (AvgIpc) is 2.08. The minimum Gasteiger partial charge on any atom is -0.394 e. The van der Waals surface area contributed by atoms with Crippen LogP contribution in [0.3, 0.4) is 0 Å². The van der Waals surface area contributed by atoms with Gasteiger partial charge in [-0.05, 0) is 40.3 Å². The molecule has 1 aromatic rings. The van der Waals surface area contributed by atoms with E-state index in [-0.39, 0.29) is 12.6 Å². The molecule has 0 bridgehead atoms. The molecule has 1 aromatic carbocycles. The Morgan fingerprint density at radius 3 is 2.75 bits per heavy atom. The Morgan fingerprint density at radius 1 is 1.58 bits per heavy atom. The lowest BCUT2D eigenvalue weighted by molar-refractivity contribution is 0.268. The maximum atomic E-state index is 8.78. The number of benzene rings is 1. The van der Waals surface area contributed by atoms with Crippen molar-refractivity contribution in [3.63, 3.8) is 0 Å². The summed E-state index contributed by atoms with van der Waals surface area (Å²) in [5.41, 5.74) is 6.47. The molecule has 0 heterocycles. The van der Waals surface area contributed by atoms with E-state index < -0.39 is 0 Å². The van der Waals surface area contributed by atoms with E-state index in [2.05, 4.69) is 22.6 Å². The molecule has 1 atom stereocenters. The Labute approximate surface area is 89.9 Å². The zero-order valence-electron chi connectivity index (χ0n) is 6.30. The van der Waals surface area contributed by atoms with Crippen LogP contribution in [0.25, 0.3) is 0 Å². The van der Waals surface area contributed by atoms with E-state index in [0.29, 0.717) is 5.02 Å². The molecule has 3 N–H and O–H groups in total. The van der Waals surface area contributed by atoms with Crippen LogP contribution in [0.2, 0.25) is 5.02 Å². The molecule has 0 aliphatic carbocycles. The highest BCUT2D eigenvalue weighted by Crippen LogP contribution is 2.21. The quantitative estimate of drug-likeness (QED) is 0.820. The van der Waals surface area contributed by atoms with Crippen molar-refractivity contribution in [1.82, 2.24) is 0 Å². The number of halogens is 2. The fourth-order valence-electron chi connectivity index (χ4n) is 0.848. The van der Waals surface area contributed by atoms with Crippen molar-refractivity contribution in [1.29, 1.82) is 0 Å². The summed E-state index contributed by atoms with van der Waals surface area (Å²) in [6.07, 6.45) is 0. The van der Waals surface area contributed by atoms with Crippen LogP contribution >= 0.6 is 34.2 Å². The summed E-state index contributed by atoms with van der Waals surface area (Å²) in [4.78, 5) is 0. The largest absolute Gasteiger partial charge is 0.394 e. The van der Waals surface area contributed by atoms with E-state index in [1.54, 1.807) is 6.07 Å². The minimum absolute atomic E-state index is 0.0586. The highest BCUT2D eigenvalue weighted by atomic mass is 127. The summed E-state index contributed by atoms with van der Waals surface area (Å²) in [6, 6.07) is 5.20. The molecular formula is C8H9ClINO. The van der Waals surface area contributed by atoms with Crippen molar-refractivity contribution in [2.24, 2.45) is 5.73 Å². The molecule has 1 rings (SSSR count). The van der Waals surface area contributed by atoms with Gasteiger partial charge in [0, 0.05) is 3.57 Å². The molecule has 4 heteroatoms. The SMILES string of the molecule is N[C@@H](CO)c1ccc(I)c(Cl)c1. The smallest absolute Gasteiger partial charge is 0.0624 e. The van der Waals surface area contributed by atoms with E-state index in [9.17, 15) is 0 Å². The second-order valence-electron chi connectivity index (χ2n) is 2.46. The summed E-state index contributed by atoms with van der Waals surface area (Å²) in [5.74, 6) is 0. The maximum Gasteiger partial charge on any atom is 0.0624 e. The average molecular weight is 298 g/mol. The Hall–Kier alpha value is 0.160.